The molecule has 3 atom stereocenters. The van der Waals surface area contributed by atoms with Crippen molar-refractivity contribution < 1.29 is 19.4 Å². The second-order valence-electron chi connectivity index (χ2n) is 8.10. The number of carboxylic acid groups (broad SMARTS) is 1. The molecule has 0 saturated carbocycles. The van der Waals surface area contributed by atoms with Gasteiger partial charge < -0.3 is 19.9 Å². The molecule has 32 heavy (non-hydrogen) atoms. The van der Waals surface area contributed by atoms with Crippen LogP contribution in [0.3, 0.4) is 0 Å². The van der Waals surface area contributed by atoms with Gasteiger partial charge in [0, 0.05) is 6.04 Å². The molecule has 0 heterocycles. The Morgan fingerprint density at radius 3 is 2.41 bits per heavy atom. The van der Waals surface area contributed by atoms with Gasteiger partial charge in [0.15, 0.2) is 11.5 Å². The van der Waals surface area contributed by atoms with Crippen LogP contribution in [0.5, 0.6) is 11.5 Å². The Bertz CT molecular complexity index is 951. The topological polar surface area (TPSA) is 91.6 Å². The first kappa shape index (κ1) is 25.2. The molecule has 2 N–H and O–H groups in total. The van der Waals surface area contributed by atoms with Crippen LogP contribution in [0.2, 0.25) is 0 Å². The van der Waals surface area contributed by atoms with Gasteiger partial charge in [0.05, 0.1) is 31.4 Å². The van der Waals surface area contributed by atoms with Crippen LogP contribution in [0.1, 0.15) is 66.1 Å². The van der Waals surface area contributed by atoms with Gasteiger partial charge in [-0.1, -0.05) is 32.4 Å². The summed E-state index contributed by atoms with van der Waals surface area (Å²) in [4.78, 5) is 11.9. The van der Waals surface area contributed by atoms with Crippen molar-refractivity contribution in [2.24, 2.45) is 5.92 Å². The minimum Gasteiger partial charge on any atom is -0.493 e. The van der Waals surface area contributed by atoms with Gasteiger partial charge in [0.1, 0.15) is 0 Å². The van der Waals surface area contributed by atoms with Gasteiger partial charge in [0.25, 0.3) is 0 Å². The monoisotopic (exact) mass is 438 g/mol. The minimum absolute atomic E-state index is 0.0710. The van der Waals surface area contributed by atoms with Crippen molar-refractivity contribution in [3.8, 4) is 17.6 Å². The number of carbonyl (C=O) groups is 1. The van der Waals surface area contributed by atoms with E-state index in [1.807, 2.05) is 37.4 Å². The zero-order valence-corrected chi connectivity index (χ0v) is 19.6. The third kappa shape index (κ3) is 6.02. The molecule has 0 aromatic heterocycles. The lowest BCUT2D eigenvalue weighted by atomic mass is 9.76. The highest BCUT2D eigenvalue weighted by Gasteiger charge is 2.29. The summed E-state index contributed by atoms with van der Waals surface area (Å²) < 4.78 is 10.7. The highest BCUT2D eigenvalue weighted by molar-refractivity contribution is 5.90. The van der Waals surface area contributed by atoms with E-state index in [1.165, 1.54) is 6.07 Å². The van der Waals surface area contributed by atoms with Crippen molar-refractivity contribution >= 4 is 5.97 Å². The predicted octanol–water partition coefficient (Wildman–Crippen LogP) is 5.01. The van der Waals surface area contributed by atoms with Crippen molar-refractivity contribution in [1.29, 1.82) is 5.26 Å². The third-order valence-electron chi connectivity index (χ3n) is 6.24. The highest BCUT2D eigenvalue weighted by atomic mass is 16.5. The predicted molar refractivity (Wildman–Crippen MR) is 126 cm³/mol. The van der Waals surface area contributed by atoms with Crippen molar-refractivity contribution in [2.45, 2.75) is 51.5 Å². The molecule has 172 valence electrons. The summed E-state index contributed by atoms with van der Waals surface area (Å²) in [5.74, 6) is 0.705. The van der Waals surface area contributed by atoms with Gasteiger partial charge in [-0.25, -0.2) is 4.79 Å². The van der Waals surface area contributed by atoms with E-state index < -0.39 is 5.97 Å². The van der Waals surface area contributed by atoms with Gasteiger partial charge in [-0.2, -0.15) is 5.26 Å². The number of ether oxygens (including phenoxy) is 2. The maximum absolute atomic E-state index is 11.9. The lowest BCUT2D eigenvalue weighted by molar-refractivity contribution is 0.0694. The number of methoxy groups -OCH3 is 2. The van der Waals surface area contributed by atoms with E-state index >= 15 is 0 Å². The number of benzene rings is 2. The van der Waals surface area contributed by atoms with Crippen molar-refractivity contribution in [3.05, 3.63) is 58.7 Å². The Morgan fingerprint density at radius 2 is 1.84 bits per heavy atom. The van der Waals surface area contributed by atoms with E-state index in [9.17, 15) is 15.2 Å². The summed E-state index contributed by atoms with van der Waals surface area (Å²) in [5, 5.41) is 22.4. The minimum atomic E-state index is -0.989. The van der Waals surface area contributed by atoms with Gasteiger partial charge in [0.2, 0.25) is 0 Å². The lowest BCUT2D eigenvalue weighted by Gasteiger charge is -2.32. The molecule has 0 fully saturated rings. The number of aromatic carboxylic acids is 1. The second-order valence-corrected chi connectivity index (χ2v) is 8.10. The average molecular weight is 439 g/mol. The van der Waals surface area contributed by atoms with E-state index in [4.69, 9.17) is 9.47 Å². The number of nitrogens with zero attached hydrogens (tertiary/aromatic N) is 1. The molecule has 0 saturated heterocycles. The van der Waals surface area contributed by atoms with Crippen molar-refractivity contribution in [1.82, 2.24) is 5.32 Å². The standard InChI is InChI=1S/C26H34N2O4/c1-6-7-20(21-11-8-19(16-27)14-22(21)26(29)30)17(2)23(28-3)12-9-18-10-13-24(31-4)25(15-18)32-5/h8,10-11,13-15,17,20,23,28H,6-7,9,12H2,1-5H3,(H,29,30). The van der Waals surface area contributed by atoms with Gasteiger partial charge >= 0.3 is 5.97 Å². The SMILES string of the molecule is CCCC(c1ccc(C#N)cc1C(=O)O)C(C)C(CCc1ccc(OC)c(OC)c1)NC. The fraction of sp³-hybridized carbons (Fsp3) is 0.462. The molecule has 0 spiro atoms. The Hall–Kier alpha value is -3.04. The molecule has 6 nitrogen and oxygen atoms in total. The molecular formula is C26H34N2O4. The van der Waals surface area contributed by atoms with Gasteiger partial charge in [-0.3, -0.25) is 0 Å². The Kier molecular flexibility index (Phi) is 9.55. The van der Waals surface area contributed by atoms with Crippen LogP contribution < -0.4 is 14.8 Å². The fourth-order valence-corrected chi connectivity index (χ4v) is 4.46. The first-order valence-electron chi connectivity index (χ1n) is 11.1. The number of nitrogens with one attached hydrogen (secondary N) is 1. The smallest absolute Gasteiger partial charge is 0.336 e. The molecule has 2 aromatic carbocycles. The number of rotatable bonds is 12. The number of nitriles is 1. The van der Waals surface area contributed by atoms with Crippen molar-refractivity contribution in [3.63, 3.8) is 0 Å². The zero-order chi connectivity index (χ0) is 23.7. The van der Waals surface area contributed by atoms with Crippen LogP contribution in [0, 0.1) is 17.2 Å². The van der Waals surface area contributed by atoms with E-state index in [-0.39, 0.29) is 23.4 Å². The molecule has 3 unspecified atom stereocenters. The van der Waals surface area contributed by atoms with E-state index in [0.717, 1.165) is 36.8 Å². The molecule has 0 radical (unpaired) electrons. The summed E-state index contributed by atoms with van der Waals surface area (Å²) in [6.45, 7) is 4.29. The Labute approximate surface area is 191 Å². The average Bonchev–Trinajstić information content (AvgIpc) is 2.82. The maximum Gasteiger partial charge on any atom is 0.336 e. The van der Waals surface area contributed by atoms with Gasteiger partial charge in [-0.05, 0) is 73.5 Å². The third-order valence-corrected chi connectivity index (χ3v) is 6.24. The second kappa shape index (κ2) is 12.1. The molecule has 0 amide bonds. The first-order chi connectivity index (χ1) is 15.4. The molecule has 2 rings (SSSR count). The van der Waals surface area contributed by atoms with E-state index in [0.29, 0.717) is 17.1 Å². The largest absolute Gasteiger partial charge is 0.493 e. The highest BCUT2D eigenvalue weighted by Crippen LogP contribution is 2.36. The first-order valence-corrected chi connectivity index (χ1v) is 11.1. The summed E-state index contributed by atoms with van der Waals surface area (Å²) in [6.07, 6.45) is 3.57. The zero-order valence-electron chi connectivity index (χ0n) is 19.6. The number of aryl methyl sites for hydroxylation is 1. The number of hydrogen-bond donors (Lipinski definition) is 2. The molecule has 2 aromatic rings. The molecule has 0 aliphatic heterocycles. The molecular weight excluding hydrogens is 404 g/mol. The quantitative estimate of drug-likeness (QED) is 0.484. The fourth-order valence-electron chi connectivity index (χ4n) is 4.46. The van der Waals surface area contributed by atoms with Crippen LogP contribution in [0.25, 0.3) is 0 Å². The van der Waals surface area contributed by atoms with E-state index in [2.05, 4.69) is 19.2 Å². The summed E-state index contributed by atoms with van der Waals surface area (Å²) in [7, 11) is 5.21. The molecule has 6 heteroatoms. The number of carboxylic acids is 1. The van der Waals surface area contributed by atoms with E-state index in [1.54, 1.807) is 20.3 Å². The van der Waals surface area contributed by atoms with Crippen LogP contribution in [0.15, 0.2) is 36.4 Å². The van der Waals surface area contributed by atoms with Crippen LogP contribution >= 0.6 is 0 Å². The maximum atomic E-state index is 11.9. The van der Waals surface area contributed by atoms with Crippen molar-refractivity contribution in [2.75, 3.05) is 21.3 Å². The Morgan fingerprint density at radius 1 is 1.12 bits per heavy atom. The summed E-state index contributed by atoms with van der Waals surface area (Å²) >= 11 is 0. The molecule has 0 bridgehead atoms. The summed E-state index contributed by atoms with van der Waals surface area (Å²) in [6, 6.07) is 13.2. The Balaban J connectivity index is 2.27. The van der Waals surface area contributed by atoms with Crippen LogP contribution in [-0.2, 0) is 6.42 Å². The van der Waals surface area contributed by atoms with Crippen LogP contribution in [-0.4, -0.2) is 38.4 Å². The lowest BCUT2D eigenvalue weighted by Crippen LogP contribution is -2.36. The molecule has 0 aliphatic carbocycles. The van der Waals surface area contributed by atoms with Crippen LogP contribution in [0.4, 0.5) is 0 Å². The molecule has 0 aliphatic rings. The normalized spacial score (nSPS) is 13.6. The van der Waals surface area contributed by atoms with Gasteiger partial charge in [-0.15, -0.1) is 0 Å². The summed E-state index contributed by atoms with van der Waals surface area (Å²) in [5.41, 5.74) is 2.56. The number of hydrogen-bond acceptors (Lipinski definition) is 5.